The maximum Gasteiger partial charge on any atom is 0.252 e. The smallest absolute Gasteiger partial charge is 0.252 e. The molecule has 0 unspecified atom stereocenters. The van der Waals surface area contributed by atoms with Crippen LogP contribution in [0.5, 0.6) is 0 Å². The van der Waals surface area contributed by atoms with Gasteiger partial charge in [-0.05, 0) is 31.6 Å². The lowest BCUT2D eigenvalue weighted by Crippen LogP contribution is -2.30. The third kappa shape index (κ3) is 4.26. The van der Waals surface area contributed by atoms with Crippen LogP contribution in [0.15, 0.2) is 34.5 Å². The minimum absolute atomic E-state index is 0.238. The third-order valence-corrected chi connectivity index (χ3v) is 5.50. The Morgan fingerprint density at radius 2 is 2.07 bits per heavy atom. The number of H-pyrrole nitrogens is 1. The van der Waals surface area contributed by atoms with Crippen LogP contribution in [0.1, 0.15) is 29.6 Å². The molecule has 1 aliphatic rings. The average Bonchev–Trinajstić information content (AvgIpc) is 3.17. The number of aromatic nitrogens is 5. The first kappa shape index (κ1) is 19.4. The average molecular weight is 414 g/mol. The highest BCUT2D eigenvalue weighted by molar-refractivity contribution is 7.98. The quantitative estimate of drug-likeness (QED) is 0.467. The molecule has 0 bridgehead atoms. The van der Waals surface area contributed by atoms with Gasteiger partial charge in [-0.2, -0.15) is 5.10 Å². The van der Waals surface area contributed by atoms with E-state index in [-0.39, 0.29) is 11.5 Å². The van der Waals surface area contributed by atoms with Crippen molar-refractivity contribution in [1.29, 1.82) is 0 Å². The van der Waals surface area contributed by atoms with Crippen molar-refractivity contribution in [2.24, 2.45) is 0 Å². The number of rotatable bonds is 6. The second-order valence-electron chi connectivity index (χ2n) is 6.88. The number of fused-ring (bicyclic) bond motifs is 1. The summed E-state index contributed by atoms with van der Waals surface area (Å²) in [5, 5.41) is 8.99. The molecule has 9 nitrogen and oxygen atoms in total. The molecule has 10 heteroatoms. The summed E-state index contributed by atoms with van der Waals surface area (Å²) in [6.45, 7) is 2.88. The first-order valence-corrected chi connectivity index (χ1v) is 10.9. The van der Waals surface area contributed by atoms with Crippen molar-refractivity contribution in [3.8, 4) is 0 Å². The maximum atomic E-state index is 12.2. The van der Waals surface area contributed by atoms with Gasteiger partial charge >= 0.3 is 0 Å². The summed E-state index contributed by atoms with van der Waals surface area (Å²) in [5.74, 6) is 0.703. The standard InChI is InChI=1S/C19H23N7O2S/c1-29-19-23-16(25-8-3-2-4-9-25)14-12-22-26(17(14)24-19)10-7-20-18(28)13-5-6-15(27)21-11-13/h5-6,11-12H,2-4,7-10H2,1H3,(H,20,28)(H,21,27). The van der Waals surface area contributed by atoms with Gasteiger partial charge in [0, 0.05) is 31.9 Å². The van der Waals surface area contributed by atoms with E-state index in [0.29, 0.717) is 18.7 Å². The van der Waals surface area contributed by atoms with Crippen molar-refractivity contribution in [2.75, 3.05) is 30.8 Å². The predicted octanol–water partition coefficient (Wildman–Crippen LogP) is 1.66. The molecule has 0 radical (unpaired) electrons. The van der Waals surface area contributed by atoms with E-state index in [1.807, 2.05) is 12.5 Å². The predicted molar refractivity (Wildman–Crippen MR) is 113 cm³/mol. The summed E-state index contributed by atoms with van der Waals surface area (Å²) in [4.78, 5) is 37.5. The lowest BCUT2D eigenvalue weighted by molar-refractivity contribution is 0.0951. The van der Waals surface area contributed by atoms with Gasteiger partial charge < -0.3 is 15.2 Å². The maximum absolute atomic E-state index is 12.2. The number of hydrogen-bond acceptors (Lipinski definition) is 7. The monoisotopic (exact) mass is 413 g/mol. The number of hydrogen-bond donors (Lipinski definition) is 2. The Bertz CT molecular complexity index is 1050. The van der Waals surface area contributed by atoms with Crippen molar-refractivity contribution in [2.45, 2.75) is 31.0 Å². The van der Waals surface area contributed by atoms with Gasteiger partial charge in [-0.3, -0.25) is 9.59 Å². The molecule has 4 rings (SSSR count). The molecule has 3 aromatic heterocycles. The number of carbonyl (C=O) groups is 1. The lowest BCUT2D eigenvalue weighted by atomic mass is 10.1. The van der Waals surface area contributed by atoms with E-state index < -0.39 is 0 Å². The molecule has 0 aliphatic carbocycles. The molecule has 1 amide bonds. The van der Waals surface area contributed by atoms with Crippen LogP contribution in [0.25, 0.3) is 11.0 Å². The SMILES string of the molecule is CSc1nc(N2CCCCC2)c2cnn(CCNC(=O)c3ccc(=O)[nH]c3)c2n1. The van der Waals surface area contributed by atoms with Gasteiger partial charge in [0.05, 0.1) is 23.7 Å². The number of nitrogens with zero attached hydrogens (tertiary/aromatic N) is 5. The van der Waals surface area contributed by atoms with Crippen molar-refractivity contribution >= 4 is 34.5 Å². The second kappa shape index (κ2) is 8.64. The Morgan fingerprint density at radius 1 is 1.24 bits per heavy atom. The van der Waals surface area contributed by atoms with Crippen LogP contribution in [0.2, 0.25) is 0 Å². The number of pyridine rings is 1. The normalized spacial score (nSPS) is 14.3. The fourth-order valence-electron chi connectivity index (χ4n) is 3.45. The molecule has 1 fully saturated rings. The highest BCUT2D eigenvalue weighted by atomic mass is 32.2. The first-order valence-electron chi connectivity index (χ1n) is 9.65. The molecule has 4 heterocycles. The molecule has 29 heavy (non-hydrogen) atoms. The number of nitrogens with one attached hydrogen (secondary N) is 2. The molecular formula is C19H23N7O2S. The molecule has 0 aromatic carbocycles. The molecule has 1 aliphatic heterocycles. The zero-order chi connectivity index (χ0) is 20.2. The van der Waals surface area contributed by atoms with Crippen LogP contribution < -0.4 is 15.8 Å². The molecule has 152 valence electrons. The van der Waals surface area contributed by atoms with Gasteiger partial charge in [-0.25, -0.2) is 14.6 Å². The van der Waals surface area contributed by atoms with E-state index >= 15 is 0 Å². The van der Waals surface area contributed by atoms with Crippen molar-refractivity contribution in [3.05, 3.63) is 40.4 Å². The minimum Gasteiger partial charge on any atom is -0.356 e. The Kier molecular flexibility index (Phi) is 5.79. The van der Waals surface area contributed by atoms with Gasteiger partial charge in [0.15, 0.2) is 10.8 Å². The number of amides is 1. The third-order valence-electron chi connectivity index (χ3n) is 4.95. The Labute approximate surface area is 171 Å². The molecule has 1 saturated heterocycles. The van der Waals surface area contributed by atoms with Crippen LogP contribution in [0, 0.1) is 0 Å². The molecule has 0 saturated carbocycles. The van der Waals surface area contributed by atoms with E-state index in [1.165, 1.54) is 49.4 Å². The summed E-state index contributed by atoms with van der Waals surface area (Å²) in [7, 11) is 0. The van der Waals surface area contributed by atoms with E-state index in [0.717, 1.165) is 35.1 Å². The van der Waals surface area contributed by atoms with E-state index in [1.54, 1.807) is 4.68 Å². The largest absolute Gasteiger partial charge is 0.356 e. The lowest BCUT2D eigenvalue weighted by Gasteiger charge is -2.28. The number of aromatic amines is 1. The van der Waals surface area contributed by atoms with E-state index in [9.17, 15) is 9.59 Å². The van der Waals surface area contributed by atoms with Gasteiger partial charge in [-0.1, -0.05) is 11.8 Å². The highest BCUT2D eigenvalue weighted by Gasteiger charge is 2.19. The van der Waals surface area contributed by atoms with Crippen LogP contribution >= 0.6 is 11.8 Å². The van der Waals surface area contributed by atoms with Crippen LogP contribution in [0.3, 0.4) is 0 Å². The summed E-state index contributed by atoms with van der Waals surface area (Å²) in [6, 6.07) is 2.83. The van der Waals surface area contributed by atoms with Gasteiger partial charge in [0.2, 0.25) is 5.56 Å². The Morgan fingerprint density at radius 3 is 2.79 bits per heavy atom. The summed E-state index contributed by atoms with van der Waals surface area (Å²) >= 11 is 1.51. The van der Waals surface area contributed by atoms with Gasteiger partial charge in [0.1, 0.15) is 5.82 Å². The summed E-state index contributed by atoms with van der Waals surface area (Å²) in [6.07, 6.45) is 8.79. The Hall–Kier alpha value is -2.88. The number of anilines is 1. The molecule has 2 N–H and O–H groups in total. The van der Waals surface area contributed by atoms with Gasteiger partial charge in [0.25, 0.3) is 5.91 Å². The molecule has 3 aromatic rings. The number of piperidine rings is 1. The van der Waals surface area contributed by atoms with Crippen LogP contribution in [0.4, 0.5) is 5.82 Å². The van der Waals surface area contributed by atoms with Crippen molar-refractivity contribution in [1.82, 2.24) is 30.0 Å². The highest BCUT2D eigenvalue weighted by Crippen LogP contribution is 2.28. The van der Waals surface area contributed by atoms with E-state index in [4.69, 9.17) is 4.98 Å². The van der Waals surface area contributed by atoms with Crippen molar-refractivity contribution < 1.29 is 4.79 Å². The first-order chi connectivity index (χ1) is 14.2. The van der Waals surface area contributed by atoms with Crippen LogP contribution in [-0.2, 0) is 6.54 Å². The fraction of sp³-hybridized carbons (Fsp3) is 0.421. The summed E-state index contributed by atoms with van der Waals surface area (Å²) in [5.41, 5.74) is 0.955. The second-order valence-corrected chi connectivity index (χ2v) is 7.66. The molecular weight excluding hydrogens is 390 g/mol. The fourth-order valence-corrected chi connectivity index (χ4v) is 3.81. The minimum atomic E-state index is -0.244. The number of thioether (sulfide) groups is 1. The topological polar surface area (TPSA) is 109 Å². The van der Waals surface area contributed by atoms with E-state index in [2.05, 4.69) is 25.3 Å². The molecule has 0 spiro atoms. The zero-order valence-corrected chi connectivity index (χ0v) is 17.0. The molecule has 0 atom stereocenters. The van der Waals surface area contributed by atoms with Crippen molar-refractivity contribution in [3.63, 3.8) is 0 Å². The zero-order valence-electron chi connectivity index (χ0n) is 16.2. The summed E-state index contributed by atoms with van der Waals surface area (Å²) < 4.78 is 1.80. The Balaban J connectivity index is 1.51. The number of carbonyl (C=O) groups excluding carboxylic acids is 1. The van der Waals surface area contributed by atoms with Gasteiger partial charge in [-0.15, -0.1) is 0 Å². The van der Waals surface area contributed by atoms with Crippen LogP contribution in [-0.4, -0.2) is 56.5 Å².